The van der Waals surface area contributed by atoms with E-state index in [0.29, 0.717) is 0 Å². The predicted octanol–water partition coefficient (Wildman–Crippen LogP) is 2.72. The Morgan fingerprint density at radius 1 is 1.41 bits per heavy atom. The van der Waals surface area contributed by atoms with Crippen molar-refractivity contribution in [3.8, 4) is 5.75 Å². The zero-order chi connectivity index (χ0) is 13.1. The Morgan fingerprint density at radius 3 is 2.59 bits per heavy atom. The average Bonchev–Trinajstić information content (AvgIpc) is 2.26. The molecule has 1 aromatic rings. The molecule has 0 radical (unpaired) electrons. The predicted molar refractivity (Wildman–Crippen MR) is 68.4 cm³/mol. The molecule has 0 bridgehead atoms. The molecule has 0 aliphatic heterocycles. The van der Waals surface area contributed by atoms with E-state index in [1.165, 1.54) is 19.4 Å². The van der Waals surface area contributed by atoms with E-state index >= 15 is 0 Å². The second-order valence-corrected chi connectivity index (χ2v) is 6.39. The van der Waals surface area contributed by atoms with Gasteiger partial charge in [-0.3, -0.25) is 0 Å². The first-order chi connectivity index (χ1) is 7.86. The number of halogens is 1. The molecule has 0 N–H and O–H groups in total. The van der Waals surface area contributed by atoms with Gasteiger partial charge in [0.25, 0.3) is 0 Å². The molecule has 1 atom stereocenters. The maximum absolute atomic E-state index is 13.7. The van der Waals surface area contributed by atoms with Gasteiger partial charge in [0, 0.05) is 11.8 Å². The molecule has 0 aliphatic carbocycles. The Bertz CT molecular complexity index is 452. The van der Waals surface area contributed by atoms with Crippen molar-refractivity contribution in [1.82, 2.24) is 0 Å². The fourth-order valence-electron chi connectivity index (χ4n) is 1.05. The molecule has 0 saturated heterocycles. The summed E-state index contributed by atoms with van der Waals surface area (Å²) in [7, 11) is 0.00279. The Hall–Kier alpha value is -1.23. The third-order valence-electron chi connectivity index (χ3n) is 2.02. The van der Waals surface area contributed by atoms with Gasteiger partial charge >= 0.3 is 0 Å². The van der Waals surface area contributed by atoms with E-state index in [4.69, 9.17) is 4.74 Å². The van der Waals surface area contributed by atoms with Gasteiger partial charge < -0.3 is 4.74 Å². The van der Waals surface area contributed by atoms with Crippen molar-refractivity contribution >= 4 is 17.2 Å². The van der Waals surface area contributed by atoms with Crippen LogP contribution in [0.1, 0.15) is 26.3 Å². The van der Waals surface area contributed by atoms with E-state index in [-0.39, 0.29) is 11.3 Å². The third kappa shape index (κ3) is 3.63. The molecule has 0 amide bonds. The summed E-state index contributed by atoms with van der Waals surface area (Å²) in [4.78, 5) is 0. The van der Waals surface area contributed by atoms with Crippen LogP contribution in [-0.4, -0.2) is 22.3 Å². The highest BCUT2D eigenvalue weighted by Crippen LogP contribution is 2.19. The molecular formula is C12H16FNO2S. The van der Waals surface area contributed by atoms with Crippen LogP contribution in [0.4, 0.5) is 4.39 Å². The molecule has 1 unspecified atom stereocenters. The first kappa shape index (κ1) is 13.8. The first-order valence-electron chi connectivity index (χ1n) is 5.15. The van der Waals surface area contributed by atoms with Crippen molar-refractivity contribution < 1.29 is 13.3 Å². The van der Waals surface area contributed by atoms with E-state index in [9.17, 15) is 8.60 Å². The van der Waals surface area contributed by atoms with Crippen LogP contribution in [0.3, 0.4) is 0 Å². The van der Waals surface area contributed by atoms with Crippen LogP contribution in [0.5, 0.6) is 5.75 Å². The molecule has 0 spiro atoms. The van der Waals surface area contributed by atoms with Gasteiger partial charge in [-0.25, -0.2) is 8.60 Å². The summed E-state index contributed by atoms with van der Waals surface area (Å²) in [5.74, 6) is -0.347. The van der Waals surface area contributed by atoms with Crippen molar-refractivity contribution in [3.63, 3.8) is 0 Å². The number of methoxy groups -OCH3 is 1. The quantitative estimate of drug-likeness (QED) is 0.781. The van der Waals surface area contributed by atoms with Crippen LogP contribution >= 0.6 is 0 Å². The lowest BCUT2D eigenvalue weighted by atomic mass is 10.2. The molecule has 1 aromatic carbocycles. The van der Waals surface area contributed by atoms with Gasteiger partial charge in [-0.05, 0) is 26.8 Å². The molecule has 0 fully saturated rings. The van der Waals surface area contributed by atoms with Crippen LogP contribution in [0, 0.1) is 5.82 Å². The summed E-state index contributed by atoms with van der Waals surface area (Å²) in [6.45, 7) is 5.42. The minimum absolute atomic E-state index is 0.149. The lowest BCUT2D eigenvalue weighted by molar-refractivity contribution is 0.386. The zero-order valence-corrected chi connectivity index (χ0v) is 11.2. The number of nitrogens with zero attached hydrogens (tertiary/aromatic N) is 1. The molecule has 1 rings (SSSR count). The summed E-state index contributed by atoms with van der Waals surface area (Å²) in [6, 6.07) is 4.73. The summed E-state index contributed by atoms with van der Waals surface area (Å²) >= 11 is 0. The van der Waals surface area contributed by atoms with E-state index < -0.39 is 21.5 Å². The minimum atomic E-state index is -1.39. The monoisotopic (exact) mass is 257 g/mol. The molecule has 3 nitrogen and oxygen atoms in total. The van der Waals surface area contributed by atoms with E-state index in [0.717, 1.165) is 0 Å². The third-order valence-corrected chi connectivity index (χ3v) is 3.37. The standard InChI is InChI=1S/C12H16FNO2S/c1-12(2,3)17(15)14-8-9-6-5-7-10(16-4)11(9)13/h5-8H,1-4H3. The van der Waals surface area contributed by atoms with Gasteiger partial charge in [-0.2, -0.15) is 4.40 Å². The van der Waals surface area contributed by atoms with Crippen molar-refractivity contribution in [1.29, 1.82) is 0 Å². The van der Waals surface area contributed by atoms with Gasteiger partial charge in [-0.15, -0.1) is 0 Å². The van der Waals surface area contributed by atoms with Gasteiger partial charge in [0.1, 0.15) is 11.0 Å². The smallest absolute Gasteiger partial charge is 0.173 e. The van der Waals surface area contributed by atoms with Gasteiger partial charge in [0.15, 0.2) is 11.6 Å². The fraction of sp³-hybridized carbons (Fsp3) is 0.417. The van der Waals surface area contributed by atoms with Crippen LogP contribution < -0.4 is 4.74 Å². The van der Waals surface area contributed by atoms with Crippen molar-refractivity contribution in [2.45, 2.75) is 25.5 Å². The Morgan fingerprint density at radius 2 is 2.06 bits per heavy atom. The summed E-state index contributed by atoms with van der Waals surface area (Å²) in [6.07, 6.45) is 1.28. The van der Waals surface area contributed by atoms with E-state index in [2.05, 4.69) is 4.40 Å². The molecule has 17 heavy (non-hydrogen) atoms. The number of benzene rings is 1. The van der Waals surface area contributed by atoms with E-state index in [1.54, 1.807) is 12.1 Å². The molecule has 0 aromatic heterocycles. The summed E-state index contributed by atoms with van der Waals surface area (Å²) in [5.41, 5.74) is 0.266. The highest BCUT2D eigenvalue weighted by Gasteiger charge is 2.18. The van der Waals surface area contributed by atoms with Crippen LogP contribution in [-0.2, 0) is 11.0 Å². The Balaban J connectivity index is 2.97. The van der Waals surface area contributed by atoms with Crippen molar-refractivity contribution in [3.05, 3.63) is 29.6 Å². The lowest BCUT2D eigenvalue weighted by Gasteiger charge is -2.12. The Kier molecular flexibility index (Phi) is 4.40. The highest BCUT2D eigenvalue weighted by atomic mass is 32.2. The van der Waals surface area contributed by atoms with Crippen molar-refractivity contribution in [2.75, 3.05) is 7.11 Å². The molecule has 94 valence electrons. The number of ether oxygens (including phenoxy) is 1. The maximum Gasteiger partial charge on any atom is 0.173 e. The van der Waals surface area contributed by atoms with Crippen molar-refractivity contribution in [2.24, 2.45) is 4.40 Å². The molecule has 0 heterocycles. The average molecular weight is 257 g/mol. The normalized spacial score (nSPS) is 13.9. The second-order valence-electron chi connectivity index (χ2n) is 4.46. The highest BCUT2D eigenvalue weighted by molar-refractivity contribution is 7.85. The van der Waals surface area contributed by atoms with E-state index in [1.807, 2.05) is 20.8 Å². The summed E-state index contributed by atoms with van der Waals surface area (Å²) < 4.78 is 33.6. The fourth-order valence-corrected chi connectivity index (χ4v) is 1.57. The largest absolute Gasteiger partial charge is 0.494 e. The summed E-state index contributed by atoms with van der Waals surface area (Å²) in [5, 5.41) is 0. The van der Waals surface area contributed by atoms with Gasteiger partial charge in [0.2, 0.25) is 0 Å². The van der Waals surface area contributed by atoms with Crippen LogP contribution in [0.2, 0.25) is 0 Å². The molecule has 0 aliphatic rings. The number of hydrogen-bond donors (Lipinski definition) is 0. The van der Waals surface area contributed by atoms with Gasteiger partial charge in [-0.1, -0.05) is 12.1 Å². The SMILES string of the molecule is COc1cccc(C=NS(=O)C(C)(C)C)c1F. The molecule has 0 saturated carbocycles. The Labute approximate surface area is 103 Å². The lowest BCUT2D eigenvalue weighted by Crippen LogP contribution is -2.19. The van der Waals surface area contributed by atoms with Crippen LogP contribution in [0.25, 0.3) is 0 Å². The van der Waals surface area contributed by atoms with Crippen LogP contribution in [0.15, 0.2) is 22.6 Å². The zero-order valence-electron chi connectivity index (χ0n) is 10.4. The number of hydrogen-bond acceptors (Lipinski definition) is 2. The second kappa shape index (κ2) is 5.40. The van der Waals surface area contributed by atoms with Gasteiger partial charge in [0.05, 0.1) is 11.9 Å². The minimum Gasteiger partial charge on any atom is -0.494 e. The number of rotatable bonds is 3. The maximum atomic E-state index is 13.7. The molecular weight excluding hydrogens is 241 g/mol. The first-order valence-corrected chi connectivity index (χ1v) is 6.25. The topological polar surface area (TPSA) is 38.7 Å². The molecule has 5 heteroatoms.